The summed E-state index contributed by atoms with van der Waals surface area (Å²) in [7, 11) is 1.29. The van der Waals surface area contributed by atoms with Gasteiger partial charge in [0.2, 0.25) is 6.79 Å². The number of hydrogen-bond acceptors (Lipinski definition) is 5. The van der Waals surface area contributed by atoms with E-state index in [9.17, 15) is 4.79 Å². The standard InChI is InChI=1S/C14H16O5/c1-3-10(8-17-14(15)16-2)6-11-4-5-12-13(7-11)19-9-18-12/h4-7H,3,8-9H2,1-2H3/b10-6+. The van der Waals surface area contributed by atoms with Gasteiger partial charge in [-0.3, -0.25) is 0 Å². The predicted octanol–water partition coefficient (Wildman–Crippen LogP) is 2.99. The van der Waals surface area contributed by atoms with Gasteiger partial charge in [0.05, 0.1) is 7.11 Å². The maximum atomic E-state index is 10.9. The summed E-state index contributed by atoms with van der Waals surface area (Å²) >= 11 is 0. The number of ether oxygens (including phenoxy) is 4. The third-order valence-electron chi connectivity index (χ3n) is 2.76. The Morgan fingerprint density at radius 1 is 1.37 bits per heavy atom. The van der Waals surface area contributed by atoms with Crippen LogP contribution in [0.3, 0.4) is 0 Å². The zero-order valence-corrected chi connectivity index (χ0v) is 11.0. The summed E-state index contributed by atoms with van der Waals surface area (Å²) in [5.41, 5.74) is 1.97. The molecule has 1 aliphatic rings. The molecule has 5 nitrogen and oxygen atoms in total. The first kappa shape index (κ1) is 13.3. The largest absolute Gasteiger partial charge is 0.508 e. The molecule has 0 amide bonds. The molecule has 2 rings (SSSR count). The van der Waals surface area contributed by atoms with Crippen LogP contribution in [0.1, 0.15) is 18.9 Å². The first-order valence-corrected chi connectivity index (χ1v) is 6.02. The minimum atomic E-state index is -0.676. The molecule has 1 aliphatic heterocycles. The molecule has 0 radical (unpaired) electrons. The lowest BCUT2D eigenvalue weighted by atomic mass is 10.1. The predicted molar refractivity (Wildman–Crippen MR) is 69.2 cm³/mol. The third kappa shape index (κ3) is 3.40. The second-order valence-electron chi connectivity index (χ2n) is 4.01. The van der Waals surface area contributed by atoms with Crippen molar-refractivity contribution in [2.24, 2.45) is 0 Å². The lowest BCUT2D eigenvalue weighted by Crippen LogP contribution is -2.06. The molecule has 102 valence electrons. The number of methoxy groups -OCH3 is 1. The fourth-order valence-electron chi connectivity index (χ4n) is 1.69. The molecule has 0 atom stereocenters. The molecule has 0 saturated carbocycles. The number of rotatable bonds is 4. The average molecular weight is 264 g/mol. The zero-order valence-electron chi connectivity index (χ0n) is 11.0. The van der Waals surface area contributed by atoms with Crippen LogP contribution in [0.5, 0.6) is 11.5 Å². The molecule has 0 N–H and O–H groups in total. The van der Waals surface area contributed by atoms with Crippen LogP contribution in [0.4, 0.5) is 4.79 Å². The van der Waals surface area contributed by atoms with E-state index in [0.29, 0.717) is 0 Å². The highest BCUT2D eigenvalue weighted by molar-refractivity contribution is 5.61. The van der Waals surface area contributed by atoms with E-state index in [1.165, 1.54) is 7.11 Å². The Morgan fingerprint density at radius 3 is 2.89 bits per heavy atom. The van der Waals surface area contributed by atoms with Crippen LogP contribution in [-0.4, -0.2) is 26.7 Å². The quantitative estimate of drug-likeness (QED) is 0.782. The van der Waals surface area contributed by atoms with Crippen molar-refractivity contribution in [3.63, 3.8) is 0 Å². The van der Waals surface area contributed by atoms with Crippen LogP contribution in [0.15, 0.2) is 23.8 Å². The summed E-state index contributed by atoms with van der Waals surface area (Å²) < 4.78 is 19.9. The summed E-state index contributed by atoms with van der Waals surface area (Å²) in [4.78, 5) is 10.9. The van der Waals surface area contributed by atoms with Crippen molar-refractivity contribution in [2.75, 3.05) is 20.5 Å². The number of hydrogen-bond donors (Lipinski definition) is 0. The molecule has 1 aromatic carbocycles. The third-order valence-corrected chi connectivity index (χ3v) is 2.76. The molecule has 19 heavy (non-hydrogen) atoms. The molecule has 0 unspecified atom stereocenters. The minimum Gasteiger partial charge on any atom is -0.454 e. The monoisotopic (exact) mass is 264 g/mol. The number of carbonyl (C=O) groups is 1. The molecule has 0 fully saturated rings. The van der Waals surface area contributed by atoms with Crippen molar-refractivity contribution >= 4 is 12.2 Å². The van der Waals surface area contributed by atoms with Gasteiger partial charge in [-0.2, -0.15) is 0 Å². The highest BCUT2D eigenvalue weighted by atomic mass is 16.7. The first-order valence-electron chi connectivity index (χ1n) is 6.02. The van der Waals surface area contributed by atoms with Crippen molar-refractivity contribution in [2.45, 2.75) is 13.3 Å². The normalized spacial score (nSPS) is 13.3. The van der Waals surface area contributed by atoms with E-state index < -0.39 is 6.16 Å². The fraction of sp³-hybridized carbons (Fsp3) is 0.357. The van der Waals surface area contributed by atoms with E-state index in [1.807, 2.05) is 31.2 Å². The molecule has 0 aromatic heterocycles. The average Bonchev–Trinajstić information content (AvgIpc) is 2.90. The molecule has 0 spiro atoms. The Bertz CT molecular complexity index is 493. The first-order chi connectivity index (χ1) is 9.22. The SMILES string of the molecule is CC/C(=C\c1ccc2c(c1)OCO2)COC(=O)OC. The second-order valence-corrected chi connectivity index (χ2v) is 4.01. The van der Waals surface area contributed by atoms with Gasteiger partial charge in [0.15, 0.2) is 11.5 Å². The van der Waals surface area contributed by atoms with Crippen LogP contribution < -0.4 is 9.47 Å². The molecular formula is C14H16O5. The van der Waals surface area contributed by atoms with Crippen LogP contribution in [-0.2, 0) is 9.47 Å². The second kappa shape index (κ2) is 6.13. The van der Waals surface area contributed by atoms with Crippen molar-refractivity contribution in [3.05, 3.63) is 29.3 Å². The van der Waals surface area contributed by atoms with Crippen molar-refractivity contribution < 1.29 is 23.7 Å². The van der Waals surface area contributed by atoms with Gasteiger partial charge in [-0.05, 0) is 29.7 Å². The molecule has 1 aromatic rings. The van der Waals surface area contributed by atoms with Crippen LogP contribution >= 0.6 is 0 Å². The number of benzene rings is 1. The lowest BCUT2D eigenvalue weighted by Gasteiger charge is -2.06. The van der Waals surface area contributed by atoms with Gasteiger partial charge in [0.1, 0.15) is 6.61 Å². The molecule has 0 bridgehead atoms. The Morgan fingerprint density at radius 2 is 2.16 bits per heavy atom. The van der Waals surface area contributed by atoms with Crippen LogP contribution in [0.25, 0.3) is 6.08 Å². The van der Waals surface area contributed by atoms with Gasteiger partial charge in [0, 0.05) is 0 Å². The van der Waals surface area contributed by atoms with Gasteiger partial charge < -0.3 is 18.9 Å². The molecule has 5 heteroatoms. The van der Waals surface area contributed by atoms with E-state index in [0.717, 1.165) is 29.1 Å². The molecular weight excluding hydrogens is 248 g/mol. The Labute approximate surface area is 111 Å². The maximum Gasteiger partial charge on any atom is 0.508 e. The van der Waals surface area contributed by atoms with Crippen molar-refractivity contribution in [3.8, 4) is 11.5 Å². The summed E-state index contributed by atoms with van der Waals surface area (Å²) in [6.45, 7) is 2.48. The maximum absolute atomic E-state index is 10.9. The Balaban J connectivity index is 2.07. The van der Waals surface area contributed by atoms with Crippen molar-refractivity contribution in [1.29, 1.82) is 0 Å². The van der Waals surface area contributed by atoms with Gasteiger partial charge in [-0.1, -0.05) is 19.1 Å². The van der Waals surface area contributed by atoms with E-state index in [4.69, 9.17) is 14.2 Å². The van der Waals surface area contributed by atoms with Crippen LogP contribution in [0.2, 0.25) is 0 Å². The summed E-state index contributed by atoms with van der Waals surface area (Å²) in [5.74, 6) is 1.49. The number of carbonyl (C=O) groups excluding carboxylic acids is 1. The fourth-order valence-corrected chi connectivity index (χ4v) is 1.69. The van der Waals surface area contributed by atoms with E-state index >= 15 is 0 Å². The summed E-state index contributed by atoms with van der Waals surface area (Å²) in [5, 5.41) is 0. The zero-order chi connectivity index (χ0) is 13.7. The van der Waals surface area contributed by atoms with E-state index in [-0.39, 0.29) is 13.4 Å². The van der Waals surface area contributed by atoms with Crippen molar-refractivity contribution in [1.82, 2.24) is 0 Å². The van der Waals surface area contributed by atoms with Gasteiger partial charge in [0.25, 0.3) is 0 Å². The highest BCUT2D eigenvalue weighted by Gasteiger charge is 2.12. The Kier molecular flexibility index (Phi) is 4.28. The smallest absolute Gasteiger partial charge is 0.454 e. The topological polar surface area (TPSA) is 54.0 Å². The van der Waals surface area contributed by atoms with Crippen LogP contribution in [0, 0.1) is 0 Å². The van der Waals surface area contributed by atoms with E-state index in [2.05, 4.69) is 4.74 Å². The summed E-state index contributed by atoms with van der Waals surface area (Å²) in [6.07, 6.45) is 2.07. The van der Waals surface area contributed by atoms with Gasteiger partial charge in [-0.15, -0.1) is 0 Å². The Hall–Kier alpha value is -2.17. The molecule has 1 heterocycles. The van der Waals surface area contributed by atoms with Gasteiger partial charge >= 0.3 is 6.16 Å². The molecule has 0 saturated heterocycles. The van der Waals surface area contributed by atoms with E-state index in [1.54, 1.807) is 0 Å². The molecule has 0 aliphatic carbocycles. The summed E-state index contributed by atoms with van der Waals surface area (Å²) in [6, 6.07) is 5.69. The minimum absolute atomic E-state index is 0.220. The number of fused-ring (bicyclic) bond motifs is 1. The van der Waals surface area contributed by atoms with Gasteiger partial charge in [-0.25, -0.2) is 4.79 Å². The lowest BCUT2D eigenvalue weighted by molar-refractivity contribution is 0.0796. The highest BCUT2D eigenvalue weighted by Crippen LogP contribution is 2.33.